The Morgan fingerprint density at radius 2 is 1.70 bits per heavy atom. The van der Waals surface area contributed by atoms with Gasteiger partial charge in [-0.05, 0) is 26.7 Å². The van der Waals surface area contributed by atoms with Crippen LogP contribution in [-0.4, -0.2) is 36.7 Å². The van der Waals surface area contributed by atoms with Gasteiger partial charge in [-0.2, -0.15) is 0 Å². The van der Waals surface area contributed by atoms with Gasteiger partial charge in [-0.25, -0.2) is 9.59 Å². The van der Waals surface area contributed by atoms with E-state index in [0.717, 1.165) is 6.92 Å². The molecule has 0 fully saturated rings. The molecule has 1 atom stereocenters. The van der Waals surface area contributed by atoms with Crippen LogP contribution in [0.15, 0.2) is 12.2 Å². The van der Waals surface area contributed by atoms with Crippen LogP contribution >= 0.6 is 0 Å². The summed E-state index contributed by atoms with van der Waals surface area (Å²) in [6, 6.07) is 0. The summed E-state index contributed by atoms with van der Waals surface area (Å²) in [5.74, 6) is -3.06. The van der Waals surface area contributed by atoms with Gasteiger partial charge in [0.1, 0.15) is 0 Å². The molecule has 6 heteroatoms. The Bertz CT molecular complexity index is 394. The highest BCUT2D eigenvalue weighted by molar-refractivity contribution is 6.06. The van der Waals surface area contributed by atoms with E-state index in [-0.39, 0.29) is 13.2 Å². The summed E-state index contributed by atoms with van der Waals surface area (Å²) in [4.78, 5) is 35.9. The molecule has 0 radical (unpaired) electrons. The lowest BCUT2D eigenvalue weighted by Gasteiger charge is -2.32. The predicted molar refractivity (Wildman–Crippen MR) is 69.6 cm³/mol. The number of allylic oxidation sites excluding steroid dienone is 1. The number of carbonyl (C=O) groups excluding carboxylic acids is 3. The Balaban J connectivity index is 3.22. The van der Waals surface area contributed by atoms with Crippen LogP contribution in [0.1, 0.15) is 33.6 Å². The molecule has 0 spiro atoms. The minimum absolute atomic E-state index is 0.0810. The lowest BCUT2D eigenvalue weighted by molar-refractivity contribution is -0.200. The third kappa shape index (κ3) is 3.18. The van der Waals surface area contributed by atoms with Gasteiger partial charge >= 0.3 is 23.5 Å². The molecule has 0 saturated heterocycles. The summed E-state index contributed by atoms with van der Waals surface area (Å²) < 4.78 is 15.0. The molecule has 0 N–H and O–H groups in total. The zero-order valence-corrected chi connectivity index (χ0v) is 12.0. The Morgan fingerprint density at radius 3 is 2.05 bits per heavy atom. The quantitative estimate of drug-likeness (QED) is 0.317. The molecule has 20 heavy (non-hydrogen) atoms. The van der Waals surface area contributed by atoms with Crippen LogP contribution in [0.2, 0.25) is 0 Å². The first-order valence-corrected chi connectivity index (χ1v) is 6.69. The molecule has 1 aliphatic rings. The number of ether oxygens (including phenoxy) is 3. The standard InChI is InChI=1S/C14H20O6/c1-4-18-12(16)14(20-10(3)15,13(17)19-5-2)11-8-6-7-9-11/h6,8,11H,4-5,7,9H2,1-3H3/t11-/m1/s1. The van der Waals surface area contributed by atoms with E-state index in [2.05, 4.69) is 0 Å². The Hall–Kier alpha value is -1.85. The van der Waals surface area contributed by atoms with E-state index in [9.17, 15) is 14.4 Å². The van der Waals surface area contributed by atoms with Crippen molar-refractivity contribution >= 4 is 17.9 Å². The molecule has 0 aromatic heterocycles. The number of carbonyl (C=O) groups is 3. The SMILES string of the molecule is CCOC(=O)C(OC(C)=O)(C(=O)OCC)[C@@H]1C=CCC1. The highest BCUT2D eigenvalue weighted by atomic mass is 16.6. The molecule has 1 aliphatic carbocycles. The van der Waals surface area contributed by atoms with E-state index in [1.165, 1.54) is 0 Å². The number of hydrogen-bond donors (Lipinski definition) is 0. The summed E-state index contributed by atoms with van der Waals surface area (Å²) in [6.07, 6.45) is 4.75. The zero-order chi connectivity index (χ0) is 15.2. The summed E-state index contributed by atoms with van der Waals surface area (Å²) in [7, 11) is 0. The lowest BCUT2D eigenvalue weighted by atomic mass is 9.86. The first-order chi connectivity index (χ1) is 9.48. The lowest BCUT2D eigenvalue weighted by Crippen LogP contribution is -2.56. The zero-order valence-electron chi connectivity index (χ0n) is 12.0. The van der Waals surface area contributed by atoms with Crippen molar-refractivity contribution in [2.45, 2.75) is 39.2 Å². The van der Waals surface area contributed by atoms with Crippen LogP contribution in [0.25, 0.3) is 0 Å². The summed E-state index contributed by atoms with van der Waals surface area (Å²) >= 11 is 0. The van der Waals surface area contributed by atoms with E-state index in [4.69, 9.17) is 14.2 Å². The highest BCUT2D eigenvalue weighted by Gasteiger charge is 2.58. The molecule has 0 heterocycles. The topological polar surface area (TPSA) is 78.9 Å². The fraction of sp³-hybridized carbons (Fsp3) is 0.643. The third-order valence-corrected chi connectivity index (χ3v) is 3.00. The summed E-state index contributed by atoms with van der Waals surface area (Å²) in [5.41, 5.74) is -2.04. The van der Waals surface area contributed by atoms with Gasteiger partial charge in [-0.1, -0.05) is 12.2 Å². The molecule has 0 unspecified atom stereocenters. The van der Waals surface area contributed by atoms with Crippen molar-refractivity contribution in [1.29, 1.82) is 0 Å². The monoisotopic (exact) mass is 284 g/mol. The molecule has 0 amide bonds. The van der Waals surface area contributed by atoms with Gasteiger partial charge in [0.05, 0.1) is 13.2 Å². The highest BCUT2D eigenvalue weighted by Crippen LogP contribution is 2.34. The van der Waals surface area contributed by atoms with Gasteiger partial charge in [0.15, 0.2) is 0 Å². The predicted octanol–water partition coefficient (Wildman–Crippen LogP) is 1.38. The van der Waals surface area contributed by atoms with Crippen LogP contribution in [0.3, 0.4) is 0 Å². The molecule has 6 nitrogen and oxygen atoms in total. The van der Waals surface area contributed by atoms with E-state index in [1.54, 1.807) is 19.9 Å². The molecule has 0 aliphatic heterocycles. The second kappa shape index (κ2) is 7.07. The van der Waals surface area contributed by atoms with Gasteiger partial charge in [0.2, 0.25) is 0 Å². The molecule has 112 valence electrons. The van der Waals surface area contributed by atoms with Crippen molar-refractivity contribution in [2.75, 3.05) is 13.2 Å². The molecular weight excluding hydrogens is 264 g/mol. The van der Waals surface area contributed by atoms with Crippen molar-refractivity contribution in [1.82, 2.24) is 0 Å². The van der Waals surface area contributed by atoms with Crippen molar-refractivity contribution in [3.63, 3.8) is 0 Å². The van der Waals surface area contributed by atoms with Crippen molar-refractivity contribution in [2.24, 2.45) is 5.92 Å². The minimum atomic E-state index is -2.04. The minimum Gasteiger partial charge on any atom is -0.463 e. The molecule has 0 bridgehead atoms. The van der Waals surface area contributed by atoms with Crippen molar-refractivity contribution < 1.29 is 28.6 Å². The van der Waals surface area contributed by atoms with E-state index < -0.39 is 29.4 Å². The summed E-state index contributed by atoms with van der Waals surface area (Å²) in [5, 5.41) is 0. The molecule has 0 aromatic rings. The Kier molecular flexibility index (Phi) is 5.73. The molecule has 0 aromatic carbocycles. The van der Waals surface area contributed by atoms with Crippen molar-refractivity contribution in [3.8, 4) is 0 Å². The van der Waals surface area contributed by atoms with E-state index in [1.807, 2.05) is 6.08 Å². The maximum atomic E-state index is 12.3. The van der Waals surface area contributed by atoms with Crippen molar-refractivity contribution in [3.05, 3.63) is 12.2 Å². The number of hydrogen-bond acceptors (Lipinski definition) is 6. The fourth-order valence-electron chi connectivity index (χ4n) is 2.22. The van der Waals surface area contributed by atoms with Gasteiger partial charge < -0.3 is 14.2 Å². The average Bonchev–Trinajstić information content (AvgIpc) is 2.90. The smallest absolute Gasteiger partial charge is 0.363 e. The number of esters is 3. The Labute approximate surface area is 118 Å². The first-order valence-electron chi connectivity index (χ1n) is 6.69. The van der Waals surface area contributed by atoms with Crippen LogP contribution in [-0.2, 0) is 28.6 Å². The van der Waals surface area contributed by atoms with E-state index >= 15 is 0 Å². The van der Waals surface area contributed by atoms with Crippen LogP contribution in [0.5, 0.6) is 0 Å². The molecule has 0 saturated carbocycles. The normalized spacial score (nSPS) is 17.6. The van der Waals surface area contributed by atoms with Gasteiger partial charge in [0, 0.05) is 12.8 Å². The maximum Gasteiger partial charge on any atom is 0.363 e. The maximum absolute atomic E-state index is 12.3. The second-order valence-corrected chi connectivity index (χ2v) is 4.38. The van der Waals surface area contributed by atoms with Crippen LogP contribution in [0.4, 0.5) is 0 Å². The largest absolute Gasteiger partial charge is 0.463 e. The van der Waals surface area contributed by atoms with Gasteiger partial charge in [0.25, 0.3) is 0 Å². The average molecular weight is 284 g/mol. The second-order valence-electron chi connectivity index (χ2n) is 4.38. The first kappa shape index (κ1) is 16.2. The molecule has 1 rings (SSSR count). The number of rotatable bonds is 6. The fourth-order valence-corrected chi connectivity index (χ4v) is 2.22. The molecular formula is C14H20O6. The van der Waals surface area contributed by atoms with E-state index in [0.29, 0.717) is 12.8 Å². The van der Waals surface area contributed by atoms with Crippen LogP contribution < -0.4 is 0 Å². The van der Waals surface area contributed by atoms with Gasteiger partial charge in [-0.3, -0.25) is 4.79 Å². The van der Waals surface area contributed by atoms with Gasteiger partial charge in [-0.15, -0.1) is 0 Å². The summed E-state index contributed by atoms with van der Waals surface area (Å²) in [6.45, 7) is 4.54. The third-order valence-electron chi connectivity index (χ3n) is 3.00. The Morgan fingerprint density at radius 1 is 1.15 bits per heavy atom. The van der Waals surface area contributed by atoms with Crippen LogP contribution in [0, 0.1) is 5.92 Å².